The van der Waals surface area contributed by atoms with Crippen LogP contribution in [0, 0.1) is 0 Å². The van der Waals surface area contributed by atoms with Crippen LogP contribution in [0.2, 0.25) is 5.02 Å². The Kier molecular flexibility index (Phi) is 4.97. The average Bonchev–Trinajstić information content (AvgIpc) is 2.26. The molecule has 0 bridgehead atoms. The highest BCUT2D eigenvalue weighted by atomic mass is 35.5. The first-order chi connectivity index (χ1) is 9.03. The fourth-order valence-electron chi connectivity index (χ4n) is 1.07. The molecule has 0 fully saturated rings. The van der Waals surface area contributed by atoms with E-state index in [9.17, 15) is 26.4 Å². The Balaban J connectivity index is 2.88. The molecule has 0 spiro atoms. The van der Waals surface area contributed by atoms with Crippen molar-refractivity contribution in [3.05, 3.63) is 28.8 Å². The van der Waals surface area contributed by atoms with Gasteiger partial charge in [-0.05, 0) is 18.2 Å². The molecule has 20 heavy (non-hydrogen) atoms. The smallest absolute Gasteiger partial charge is 0.413 e. The molecule has 0 aliphatic heterocycles. The lowest BCUT2D eigenvalue weighted by molar-refractivity contribution is -0.181. The van der Waals surface area contributed by atoms with Gasteiger partial charge in [-0.3, -0.25) is 4.84 Å². The van der Waals surface area contributed by atoms with Gasteiger partial charge in [0.2, 0.25) is 0 Å². The monoisotopic (exact) mass is 333 g/mol. The molecule has 0 saturated carbocycles. The van der Waals surface area contributed by atoms with Crippen LogP contribution in [0.4, 0.5) is 13.2 Å². The van der Waals surface area contributed by atoms with Gasteiger partial charge in [0.05, 0.1) is 15.5 Å². The number of carboxylic acid groups (broad SMARTS) is 1. The molecule has 11 heteroatoms. The zero-order chi connectivity index (χ0) is 15.6. The molecule has 0 amide bonds. The number of aromatic carboxylic acids is 1. The Morgan fingerprint density at radius 1 is 1.40 bits per heavy atom. The summed E-state index contributed by atoms with van der Waals surface area (Å²) in [6, 6.07) is 2.56. The van der Waals surface area contributed by atoms with Crippen LogP contribution in [0.5, 0.6) is 0 Å². The summed E-state index contributed by atoms with van der Waals surface area (Å²) in [4.78, 5) is 15.2. The maximum Gasteiger partial charge on any atom is 0.413 e. The average molecular weight is 334 g/mol. The van der Waals surface area contributed by atoms with Gasteiger partial charge in [-0.25, -0.2) is 13.2 Å². The minimum atomic E-state index is -4.70. The summed E-state index contributed by atoms with van der Waals surface area (Å²) in [5, 5.41) is 8.31. The van der Waals surface area contributed by atoms with Gasteiger partial charge in [-0.1, -0.05) is 16.5 Å². The van der Waals surface area contributed by atoms with Crippen LogP contribution in [0.3, 0.4) is 0 Å². The molecule has 0 saturated heterocycles. The minimum absolute atomic E-state index is 0.346. The quantitative estimate of drug-likeness (QED) is 0.802. The molecule has 1 aromatic rings. The predicted octanol–water partition coefficient (Wildman–Crippen LogP) is 1.81. The summed E-state index contributed by atoms with van der Waals surface area (Å²) in [5.74, 6) is -1.37. The van der Waals surface area contributed by atoms with Crippen molar-refractivity contribution in [2.45, 2.75) is 11.1 Å². The van der Waals surface area contributed by atoms with Crippen molar-refractivity contribution in [2.24, 2.45) is 0 Å². The second-order valence-corrected chi connectivity index (χ2v) is 5.49. The number of rotatable bonds is 5. The number of halogens is 4. The number of nitrogens with one attached hydrogen (secondary N) is 1. The van der Waals surface area contributed by atoms with Crippen LogP contribution in [-0.4, -0.2) is 32.3 Å². The van der Waals surface area contributed by atoms with Crippen LogP contribution in [0.25, 0.3) is 0 Å². The van der Waals surface area contributed by atoms with Crippen molar-refractivity contribution in [3.63, 3.8) is 0 Å². The molecular formula is C9H7ClF3NO5S. The molecule has 0 aromatic heterocycles. The molecule has 2 N–H and O–H groups in total. The van der Waals surface area contributed by atoms with E-state index in [1.54, 1.807) is 0 Å². The lowest BCUT2D eigenvalue weighted by atomic mass is 10.2. The topological polar surface area (TPSA) is 92.7 Å². The summed E-state index contributed by atoms with van der Waals surface area (Å²) in [6.07, 6.45) is -4.70. The van der Waals surface area contributed by atoms with Crippen LogP contribution in [0.15, 0.2) is 23.1 Å². The molecule has 0 aliphatic carbocycles. The summed E-state index contributed by atoms with van der Waals surface area (Å²) >= 11 is 5.54. The first-order valence-corrected chi connectivity index (χ1v) is 6.62. The number of hydrogen-bond acceptors (Lipinski definition) is 4. The molecule has 0 aliphatic rings. The van der Waals surface area contributed by atoms with E-state index in [-0.39, 0.29) is 10.6 Å². The Labute approximate surface area is 116 Å². The highest BCUT2D eigenvalue weighted by Gasteiger charge is 2.29. The summed E-state index contributed by atoms with van der Waals surface area (Å²) in [7, 11) is -4.40. The Morgan fingerprint density at radius 2 is 2.00 bits per heavy atom. The molecule has 1 rings (SSSR count). The Morgan fingerprint density at radius 3 is 2.45 bits per heavy atom. The van der Waals surface area contributed by atoms with Gasteiger partial charge in [0.15, 0.2) is 6.61 Å². The predicted molar refractivity (Wildman–Crippen MR) is 60.7 cm³/mol. The SMILES string of the molecule is O=C(O)c1ccc(S(=O)(=O)NOCC(F)(F)F)cc1Cl. The number of carbonyl (C=O) groups is 1. The molecule has 6 nitrogen and oxygen atoms in total. The van der Waals surface area contributed by atoms with Crippen molar-refractivity contribution >= 4 is 27.6 Å². The Hall–Kier alpha value is -1.36. The fourth-order valence-corrected chi connectivity index (χ4v) is 2.23. The van der Waals surface area contributed by atoms with Crippen molar-refractivity contribution < 1.29 is 36.3 Å². The van der Waals surface area contributed by atoms with Gasteiger partial charge >= 0.3 is 12.1 Å². The van der Waals surface area contributed by atoms with Crippen LogP contribution >= 0.6 is 11.6 Å². The van der Waals surface area contributed by atoms with Gasteiger partial charge in [0.25, 0.3) is 10.0 Å². The van der Waals surface area contributed by atoms with Gasteiger partial charge in [-0.2, -0.15) is 13.2 Å². The molecule has 0 heterocycles. The lowest BCUT2D eigenvalue weighted by Gasteiger charge is -2.09. The van der Waals surface area contributed by atoms with Gasteiger partial charge in [-0.15, -0.1) is 0 Å². The molecule has 0 radical (unpaired) electrons. The molecular weight excluding hydrogens is 327 g/mol. The third kappa shape index (κ3) is 4.63. The van der Waals surface area contributed by atoms with Gasteiger partial charge in [0.1, 0.15) is 0 Å². The number of hydrogen-bond donors (Lipinski definition) is 2. The third-order valence-electron chi connectivity index (χ3n) is 1.89. The van der Waals surface area contributed by atoms with E-state index in [4.69, 9.17) is 16.7 Å². The van der Waals surface area contributed by atoms with E-state index in [1.165, 1.54) is 4.89 Å². The number of alkyl halides is 3. The fraction of sp³-hybridized carbons (Fsp3) is 0.222. The van der Waals surface area contributed by atoms with Crippen molar-refractivity contribution in [1.82, 2.24) is 4.89 Å². The molecule has 0 atom stereocenters. The highest BCUT2D eigenvalue weighted by molar-refractivity contribution is 7.89. The van der Waals surface area contributed by atoms with E-state index >= 15 is 0 Å². The van der Waals surface area contributed by atoms with Crippen LogP contribution in [0.1, 0.15) is 10.4 Å². The highest BCUT2D eigenvalue weighted by Crippen LogP contribution is 2.21. The van der Waals surface area contributed by atoms with Gasteiger partial charge in [0, 0.05) is 0 Å². The first-order valence-electron chi connectivity index (χ1n) is 4.76. The Bertz CT molecular complexity index is 616. The summed E-state index contributed by atoms with van der Waals surface area (Å²) < 4.78 is 58.5. The largest absolute Gasteiger partial charge is 0.478 e. The zero-order valence-electron chi connectivity index (χ0n) is 9.44. The molecule has 1 aromatic carbocycles. The normalized spacial score (nSPS) is 12.4. The molecule has 0 unspecified atom stereocenters. The maximum atomic E-state index is 11.8. The number of carboxylic acids is 1. The third-order valence-corrected chi connectivity index (χ3v) is 3.41. The lowest BCUT2D eigenvalue weighted by Crippen LogP contribution is -2.29. The van der Waals surface area contributed by atoms with Crippen molar-refractivity contribution in [2.75, 3.05) is 6.61 Å². The van der Waals surface area contributed by atoms with Crippen LogP contribution in [-0.2, 0) is 14.9 Å². The van der Waals surface area contributed by atoms with Crippen LogP contribution < -0.4 is 4.89 Å². The minimum Gasteiger partial charge on any atom is -0.478 e. The van der Waals surface area contributed by atoms with E-state index in [0.717, 1.165) is 18.2 Å². The molecule has 112 valence electrons. The summed E-state index contributed by atoms with van der Waals surface area (Å²) in [6.45, 7) is -1.81. The van der Waals surface area contributed by atoms with E-state index in [2.05, 4.69) is 4.84 Å². The van der Waals surface area contributed by atoms with E-state index < -0.39 is 33.7 Å². The zero-order valence-corrected chi connectivity index (χ0v) is 11.0. The van der Waals surface area contributed by atoms with E-state index in [1.807, 2.05) is 0 Å². The van der Waals surface area contributed by atoms with Crippen molar-refractivity contribution in [1.29, 1.82) is 0 Å². The first kappa shape index (κ1) is 16.7. The number of benzene rings is 1. The van der Waals surface area contributed by atoms with Gasteiger partial charge < -0.3 is 5.11 Å². The second kappa shape index (κ2) is 5.95. The van der Waals surface area contributed by atoms with E-state index in [0.29, 0.717) is 0 Å². The summed E-state index contributed by atoms with van der Waals surface area (Å²) in [5.41, 5.74) is -0.346. The van der Waals surface area contributed by atoms with Crippen molar-refractivity contribution in [3.8, 4) is 0 Å². The second-order valence-electron chi connectivity index (χ2n) is 3.44. The number of sulfonamides is 1. The maximum absolute atomic E-state index is 11.8. The standard InChI is InChI=1S/C9H7ClF3NO5S/c10-7-3-5(1-2-6(7)8(15)16)20(17,18)14-19-4-9(11,12)13/h1-3,14H,4H2,(H,15,16).